The van der Waals surface area contributed by atoms with Gasteiger partial charge >= 0.3 is 5.97 Å². The molecule has 0 fully saturated rings. The summed E-state index contributed by atoms with van der Waals surface area (Å²) in [4.78, 5) is 44.2. The number of nitrogens with zero attached hydrogens (tertiary/aromatic N) is 2. The number of hydrogen-bond donors (Lipinski definition) is 1. The summed E-state index contributed by atoms with van der Waals surface area (Å²) in [5, 5.41) is 3.40. The molecule has 0 saturated heterocycles. The van der Waals surface area contributed by atoms with E-state index < -0.39 is 5.97 Å². The van der Waals surface area contributed by atoms with Crippen LogP contribution in [0.25, 0.3) is 0 Å². The van der Waals surface area contributed by atoms with Crippen molar-refractivity contribution in [3.05, 3.63) is 16.0 Å². The SMILES string of the molecule is C#CC#CC#CC#CC#CC#CC#CC#CC#COC(=O)c1c(NC(=O)CCCCCCCCCCCCCCCCC)sc2c1CCN(C(=O)CCCN(C)C)C2. The molecule has 0 radical (unpaired) electrons. The van der Waals surface area contributed by atoms with Crippen molar-refractivity contribution < 1.29 is 19.1 Å². The van der Waals surface area contributed by atoms with Gasteiger partial charge in [0.1, 0.15) is 11.1 Å². The summed E-state index contributed by atoms with van der Waals surface area (Å²) < 4.78 is 5.27. The largest absolute Gasteiger partial charge is 0.367 e. The first-order chi connectivity index (χ1) is 28.4. The molecule has 2 rings (SSSR count). The van der Waals surface area contributed by atoms with Crippen LogP contribution in [-0.2, 0) is 27.3 Å². The van der Waals surface area contributed by atoms with E-state index >= 15 is 0 Å². The number of anilines is 1. The van der Waals surface area contributed by atoms with E-state index in [1.807, 2.05) is 19.0 Å². The Morgan fingerprint density at radius 2 is 1.16 bits per heavy atom. The summed E-state index contributed by atoms with van der Waals surface area (Å²) in [5.41, 5.74) is 1.07. The third-order valence-corrected chi connectivity index (χ3v) is 10.1. The van der Waals surface area contributed by atoms with Crippen molar-refractivity contribution in [3.8, 4) is 107 Å². The molecule has 8 heteroatoms. The van der Waals surface area contributed by atoms with Crippen LogP contribution in [0.5, 0.6) is 0 Å². The number of fused-ring (bicyclic) bond motifs is 1. The van der Waals surface area contributed by atoms with Gasteiger partial charge in [0.15, 0.2) is 0 Å². The highest BCUT2D eigenvalue weighted by molar-refractivity contribution is 7.17. The normalized spacial score (nSPS) is 10.3. The minimum Gasteiger partial charge on any atom is -0.367 e. The number of nitrogens with one attached hydrogen (secondary N) is 1. The van der Waals surface area contributed by atoms with E-state index in [4.69, 9.17) is 11.2 Å². The third-order valence-electron chi connectivity index (χ3n) is 9.01. The van der Waals surface area contributed by atoms with Crippen molar-refractivity contribution in [2.24, 2.45) is 0 Å². The molecular formula is C50H55N3O4S. The first-order valence-electron chi connectivity index (χ1n) is 20.4. The van der Waals surface area contributed by atoms with Gasteiger partial charge in [0.25, 0.3) is 0 Å². The van der Waals surface area contributed by atoms with Gasteiger partial charge in [-0.1, -0.05) is 96.8 Å². The van der Waals surface area contributed by atoms with Crippen LogP contribution in [-0.4, -0.2) is 54.8 Å². The minimum absolute atomic E-state index is 0.0783. The Balaban J connectivity index is 1.93. The number of esters is 1. The standard InChI is InChI=1S/C50H55N3O4S/c1-5-7-9-11-13-15-17-19-21-23-25-27-29-31-33-35-42-57-50(56)48-44-39-41-53(47(55)38-36-40-52(3)4)43-45(44)58-49(48)51-46(54)37-34-32-30-28-26-24-22-20-18-16-14-12-10-8-6-2/h1H,6,8,10,12,14,16,18,20,22,24,26,28,30,32,34,36-41,43H2,2-4H3,(H,51,54). The van der Waals surface area contributed by atoms with E-state index in [1.165, 1.54) is 88.4 Å². The predicted octanol–water partition coefficient (Wildman–Crippen LogP) is 7.95. The molecule has 0 atom stereocenters. The zero-order valence-electron chi connectivity index (χ0n) is 34.6. The van der Waals surface area contributed by atoms with Crippen LogP contribution in [0, 0.1) is 107 Å². The molecule has 1 aromatic heterocycles. The monoisotopic (exact) mass is 793 g/mol. The zero-order chi connectivity index (χ0) is 41.9. The molecule has 0 spiro atoms. The van der Waals surface area contributed by atoms with Crippen LogP contribution in [0.4, 0.5) is 5.00 Å². The number of amides is 2. The number of rotatable bonds is 22. The maximum Gasteiger partial charge on any atom is 0.355 e. The van der Waals surface area contributed by atoms with Gasteiger partial charge in [-0.05, 0) is 92.8 Å². The second kappa shape index (κ2) is 32.2. The van der Waals surface area contributed by atoms with E-state index in [2.05, 4.69) is 118 Å². The molecule has 0 aromatic carbocycles. The molecule has 300 valence electrons. The van der Waals surface area contributed by atoms with Crippen molar-refractivity contribution >= 4 is 34.1 Å². The fourth-order valence-electron chi connectivity index (χ4n) is 6.06. The Morgan fingerprint density at radius 3 is 1.66 bits per heavy atom. The Bertz CT molecular complexity index is 2080. The van der Waals surface area contributed by atoms with Gasteiger partial charge in [0, 0.05) is 71.6 Å². The molecule has 0 saturated carbocycles. The molecular weight excluding hydrogens is 739 g/mol. The number of ether oxygens (including phenoxy) is 1. The van der Waals surface area contributed by atoms with Gasteiger partial charge < -0.3 is 19.9 Å². The zero-order valence-corrected chi connectivity index (χ0v) is 35.4. The average Bonchev–Trinajstić information content (AvgIpc) is 3.57. The second-order valence-corrected chi connectivity index (χ2v) is 15.0. The van der Waals surface area contributed by atoms with E-state index in [0.717, 1.165) is 42.7 Å². The van der Waals surface area contributed by atoms with Crippen LogP contribution in [0.15, 0.2) is 0 Å². The highest BCUT2D eigenvalue weighted by Crippen LogP contribution is 2.38. The van der Waals surface area contributed by atoms with Crippen LogP contribution in [0.1, 0.15) is 143 Å². The van der Waals surface area contributed by atoms with Crippen LogP contribution < -0.4 is 5.32 Å². The Labute approximate surface area is 353 Å². The molecule has 2 heterocycles. The summed E-state index contributed by atoms with van der Waals surface area (Å²) in [6.45, 7) is 3.95. The van der Waals surface area contributed by atoms with Crippen molar-refractivity contribution in [2.45, 2.75) is 135 Å². The Kier molecular flexibility index (Phi) is 26.8. The quantitative estimate of drug-likeness (QED) is 0.0733. The fraction of sp³-hybridized carbons (Fsp3) is 0.500. The van der Waals surface area contributed by atoms with Crippen molar-refractivity contribution in [1.82, 2.24) is 9.80 Å². The van der Waals surface area contributed by atoms with E-state index in [-0.39, 0.29) is 17.4 Å². The van der Waals surface area contributed by atoms with Gasteiger partial charge in [-0.2, -0.15) is 0 Å². The molecule has 1 aliphatic heterocycles. The van der Waals surface area contributed by atoms with E-state index in [9.17, 15) is 14.4 Å². The van der Waals surface area contributed by atoms with Crippen molar-refractivity contribution in [3.63, 3.8) is 0 Å². The lowest BCUT2D eigenvalue weighted by Gasteiger charge is -2.27. The molecule has 58 heavy (non-hydrogen) atoms. The lowest BCUT2D eigenvalue weighted by molar-refractivity contribution is -0.132. The number of unbranched alkanes of at least 4 members (excludes halogenated alkanes) is 14. The van der Waals surface area contributed by atoms with Crippen LogP contribution >= 0.6 is 11.3 Å². The number of hydrogen-bond acceptors (Lipinski definition) is 6. The molecule has 0 bridgehead atoms. The summed E-state index contributed by atoms with van der Waals surface area (Å²) >= 11 is 1.32. The molecule has 1 aromatic rings. The number of thiophene rings is 1. The van der Waals surface area contributed by atoms with Crippen molar-refractivity contribution in [1.29, 1.82) is 0 Å². The lowest BCUT2D eigenvalue weighted by Crippen LogP contribution is -2.36. The molecule has 2 amide bonds. The molecule has 1 aliphatic rings. The highest BCUT2D eigenvalue weighted by atomic mass is 32.1. The number of carbonyl (C=O) groups excluding carboxylic acids is 3. The van der Waals surface area contributed by atoms with Crippen LogP contribution in [0.3, 0.4) is 0 Å². The smallest absolute Gasteiger partial charge is 0.355 e. The molecule has 1 N–H and O–H groups in total. The maximum atomic E-state index is 13.4. The van der Waals surface area contributed by atoms with E-state index in [0.29, 0.717) is 37.4 Å². The second-order valence-electron chi connectivity index (χ2n) is 13.9. The van der Waals surface area contributed by atoms with E-state index in [1.54, 1.807) is 0 Å². The molecule has 0 aliphatic carbocycles. The molecule has 0 unspecified atom stereocenters. The van der Waals surface area contributed by atoms with Crippen molar-refractivity contribution in [2.75, 3.05) is 32.5 Å². The highest BCUT2D eigenvalue weighted by Gasteiger charge is 2.31. The van der Waals surface area contributed by atoms with Crippen LogP contribution in [0.2, 0.25) is 0 Å². The minimum atomic E-state index is -0.676. The topological polar surface area (TPSA) is 79.0 Å². The first-order valence-corrected chi connectivity index (χ1v) is 21.2. The maximum absolute atomic E-state index is 13.4. The van der Waals surface area contributed by atoms with Gasteiger partial charge in [0.2, 0.25) is 11.8 Å². The third kappa shape index (κ3) is 22.6. The summed E-state index contributed by atoms with van der Waals surface area (Å²) in [6, 6.07) is 0. The predicted molar refractivity (Wildman–Crippen MR) is 236 cm³/mol. The first kappa shape index (κ1) is 48.3. The Hall–Kier alpha value is -5.89. The van der Waals surface area contributed by atoms with Gasteiger partial charge in [-0.3, -0.25) is 9.59 Å². The average molecular weight is 794 g/mol. The Morgan fingerprint density at radius 1 is 0.672 bits per heavy atom. The molecule has 7 nitrogen and oxygen atoms in total. The van der Waals surface area contributed by atoms with Gasteiger partial charge in [-0.25, -0.2) is 4.79 Å². The number of carbonyl (C=O) groups is 3. The summed E-state index contributed by atoms with van der Waals surface area (Å²) in [6.07, 6.45) is 28.2. The number of terminal acetylenes is 1. The lowest BCUT2D eigenvalue weighted by atomic mass is 10.0. The summed E-state index contributed by atoms with van der Waals surface area (Å²) in [5.74, 6) is 38.6. The van der Waals surface area contributed by atoms with Gasteiger partial charge in [0.05, 0.1) is 12.1 Å². The summed E-state index contributed by atoms with van der Waals surface area (Å²) in [7, 11) is 3.97. The van der Waals surface area contributed by atoms with Gasteiger partial charge in [-0.15, -0.1) is 17.8 Å². The fourth-order valence-corrected chi connectivity index (χ4v) is 7.33.